The number of phenolic OH excluding ortho intramolecular Hbond substituents is 1. The fourth-order valence-corrected chi connectivity index (χ4v) is 3.78. The topological polar surface area (TPSA) is 120 Å². The van der Waals surface area contributed by atoms with Crippen LogP contribution in [0.5, 0.6) is 23.0 Å². The summed E-state index contributed by atoms with van der Waals surface area (Å²) in [6.45, 7) is 2.61. The van der Waals surface area contributed by atoms with Gasteiger partial charge in [-0.15, -0.1) is 10.2 Å². The quantitative estimate of drug-likeness (QED) is 0.263. The van der Waals surface area contributed by atoms with E-state index in [2.05, 4.69) is 20.7 Å². The van der Waals surface area contributed by atoms with E-state index in [4.69, 9.17) is 14.2 Å². The van der Waals surface area contributed by atoms with Crippen LogP contribution in [0.25, 0.3) is 11.4 Å². The summed E-state index contributed by atoms with van der Waals surface area (Å²) in [5.41, 5.74) is 3.97. The van der Waals surface area contributed by atoms with Crippen LogP contribution < -0.4 is 19.6 Å². The van der Waals surface area contributed by atoms with Crippen molar-refractivity contribution in [2.75, 3.05) is 27.1 Å². The summed E-state index contributed by atoms with van der Waals surface area (Å²) >= 11 is 1.26. The summed E-state index contributed by atoms with van der Waals surface area (Å²) in [4.78, 5) is 12.2. The first kappa shape index (κ1) is 23.9. The SMILES string of the molecule is CCn1c(SCC(=O)NN=Cc2ccc(O)c(OC)c2)nnc1-c1ccc(OC)c(OC)c1. The Morgan fingerprint density at radius 2 is 1.85 bits per heavy atom. The Kier molecular flexibility index (Phi) is 8.14. The molecule has 0 aliphatic rings. The second-order valence-electron chi connectivity index (χ2n) is 6.63. The molecule has 11 heteroatoms. The Hall–Kier alpha value is -3.73. The Bertz CT molecular complexity index is 1150. The van der Waals surface area contributed by atoms with E-state index >= 15 is 0 Å². The number of amides is 1. The monoisotopic (exact) mass is 471 g/mol. The van der Waals surface area contributed by atoms with E-state index in [0.29, 0.717) is 40.3 Å². The van der Waals surface area contributed by atoms with Crippen LogP contribution in [-0.4, -0.2) is 59.1 Å². The fraction of sp³-hybridized carbons (Fsp3) is 0.273. The van der Waals surface area contributed by atoms with Crippen LogP contribution in [0.4, 0.5) is 0 Å². The number of phenols is 1. The molecule has 0 saturated carbocycles. The minimum absolute atomic E-state index is 0.0302. The lowest BCUT2D eigenvalue weighted by molar-refractivity contribution is -0.118. The summed E-state index contributed by atoms with van der Waals surface area (Å²) in [6, 6.07) is 10.3. The molecule has 10 nitrogen and oxygen atoms in total. The van der Waals surface area contributed by atoms with Gasteiger partial charge in [-0.25, -0.2) is 5.43 Å². The van der Waals surface area contributed by atoms with Crippen molar-refractivity contribution in [3.05, 3.63) is 42.0 Å². The van der Waals surface area contributed by atoms with Gasteiger partial charge in [0, 0.05) is 12.1 Å². The fourth-order valence-electron chi connectivity index (χ4n) is 2.99. The number of hydrogen-bond donors (Lipinski definition) is 2. The Morgan fingerprint density at radius 1 is 1.09 bits per heavy atom. The van der Waals surface area contributed by atoms with Gasteiger partial charge in [-0.2, -0.15) is 5.10 Å². The highest BCUT2D eigenvalue weighted by atomic mass is 32.2. The van der Waals surface area contributed by atoms with Gasteiger partial charge >= 0.3 is 0 Å². The van der Waals surface area contributed by atoms with Gasteiger partial charge in [0.1, 0.15) is 0 Å². The third-order valence-electron chi connectivity index (χ3n) is 4.61. The zero-order valence-electron chi connectivity index (χ0n) is 18.7. The van der Waals surface area contributed by atoms with Gasteiger partial charge in [0.25, 0.3) is 5.91 Å². The van der Waals surface area contributed by atoms with E-state index in [-0.39, 0.29) is 17.4 Å². The molecule has 1 heterocycles. The standard InChI is InChI=1S/C22H25N5O5S/c1-5-27-21(15-7-9-17(30-2)19(11-15)32-4)25-26-22(27)33-13-20(29)24-23-12-14-6-8-16(28)18(10-14)31-3/h6-12,28H,5,13H2,1-4H3,(H,24,29). The minimum Gasteiger partial charge on any atom is -0.504 e. The van der Waals surface area contributed by atoms with E-state index in [1.54, 1.807) is 26.4 Å². The van der Waals surface area contributed by atoms with E-state index in [1.165, 1.54) is 31.2 Å². The number of ether oxygens (including phenoxy) is 3. The average Bonchev–Trinajstić information content (AvgIpc) is 3.26. The molecule has 1 aromatic heterocycles. The number of aromatic hydroxyl groups is 1. The van der Waals surface area contributed by atoms with Crippen molar-refractivity contribution in [2.45, 2.75) is 18.6 Å². The van der Waals surface area contributed by atoms with Gasteiger partial charge in [0.2, 0.25) is 0 Å². The number of hydrogen-bond acceptors (Lipinski definition) is 9. The number of hydrazone groups is 1. The summed E-state index contributed by atoms with van der Waals surface area (Å²) in [7, 11) is 4.62. The highest BCUT2D eigenvalue weighted by Gasteiger charge is 2.16. The third-order valence-corrected chi connectivity index (χ3v) is 5.58. The van der Waals surface area contributed by atoms with Crippen LogP contribution in [0, 0.1) is 0 Å². The predicted molar refractivity (Wildman–Crippen MR) is 125 cm³/mol. The van der Waals surface area contributed by atoms with E-state index in [0.717, 1.165) is 5.56 Å². The molecule has 0 spiro atoms. The number of benzene rings is 2. The van der Waals surface area contributed by atoms with E-state index in [1.807, 2.05) is 29.7 Å². The molecule has 0 bridgehead atoms. The number of carbonyl (C=O) groups excluding carboxylic acids is 1. The maximum absolute atomic E-state index is 12.2. The summed E-state index contributed by atoms with van der Waals surface area (Å²) in [5.74, 6) is 2.06. The van der Waals surface area contributed by atoms with Crippen LogP contribution in [-0.2, 0) is 11.3 Å². The van der Waals surface area contributed by atoms with Gasteiger partial charge in [-0.1, -0.05) is 11.8 Å². The number of nitrogens with zero attached hydrogens (tertiary/aromatic N) is 4. The second-order valence-corrected chi connectivity index (χ2v) is 7.58. The van der Waals surface area contributed by atoms with E-state index in [9.17, 15) is 9.90 Å². The van der Waals surface area contributed by atoms with Gasteiger partial charge < -0.3 is 23.9 Å². The number of thioether (sulfide) groups is 1. The molecule has 33 heavy (non-hydrogen) atoms. The second kappa shape index (κ2) is 11.2. The normalized spacial score (nSPS) is 10.9. The predicted octanol–water partition coefficient (Wildman–Crippen LogP) is 2.94. The number of carbonyl (C=O) groups is 1. The van der Waals surface area contributed by atoms with Crippen LogP contribution >= 0.6 is 11.8 Å². The Balaban J connectivity index is 1.64. The molecule has 3 aromatic rings. The molecule has 0 radical (unpaired) electrons. The average molecular weight is 472 g/mol. The maximum atomic E-state index is 12.2. The molecule has 2 N–H and O–H groups in total. The molecule has 0 aliphatic heterocycles. The van der Waals surface area contributed by atoms with Gasteiger partial charge in [0.15, 0.2) is 34.0 Å². The van der Waals surface area contributed by atoms with Crippen molar-refractivity contribution >= 4 is 23.9 Å². The lowest BCUT2D eigenvalue weighted by Crippen LogP contribution is -2.20. The van der Waals surface area contributed by atoms with Crippen LogP contribution in [0.2, 0.25) is 0 Å². The summed E-state index contributed by atoms with van der Waals surface area (Å²) in [5, 5.41) is 22.7. The number of nitrogens with one attached hydrogen (secondary N) is 1. The number of rotatable bonds is 10. The number of aromatic nitrogens is 3. The molecular weight excluding hydrogens is 446 g/mol. The van der Waals surface area contributed by atoms with Crippen molar-refractivity contribution in [3.63, 3.8) is 0 Å². The lowest BCUT2D eigenvalue weighted by Gasteiger charge is -2.10. The Morgan fingerprint density at radius 3 is 2.55 bits per heavy atom. The lowest BCUT2D eigenvalue weighted by atomic mass is 10.2. The minimum atomic E-state index is -0.291. The first-order chi connectivity index (χ1) is 16.0. The van der Waals surface area contributed by atoms with Crippen LogP contribution in [0.1, 0.15) is 12.5 Å². The molecule has 1 amide bonds. The Labute approximate surface area is 195 Å². The molecule has 0 fully saturated rings. The van der Waals surface area contributed by atoms with Gasteiger partial charge in [-0.3, -0.25) is 4.79 Å². The van der Waals surface area contributed by atoms with Crippen molar-refractivity contribution < 1.29 is 24.1 Å². The van der Waals surface area contributed by atoms with Crippen molar-refractivity contribution in [2.24, 2.45) is 5.10 Å². The summed E-state index contributed by atoms with van der Waals surface area (Å²) in [6.07, 6.45) is 1.47. The van der Waals surface area contributed by atoms with Crippen molar-refractivity contribution in [1.82, 2.24) is 20.2 Å². The molecule has 0 atom stereocenters. The van der Waals surface area contributed by atoms with E-state index < -0.39 is 0 Å². The largest absolute Gasteiger partial charge is 0.504 e. The van der Waals surface area contributed by atoms with Crippen molar-refractivity contribution in [3.8, 4) is 34.4 Å². The smallest absolute Gasteiger partial charge is 0.250 e. The molecule has 0 saturated heterocycles. The maximum Gasteiger partial charge on any atom is 0.250 e. The van der Waals surface area contributed by atoms with Gasteiger partial charge in [-0.05, 0) is 48.9 Å². The van der Waals surface area contributed by atoms with Crippen LogP contribution in [0.15, 0.2) is 46.7 Å². The van der Waals surface area contributed by atoms with Gasteiger partial charge in [0.05, 0.1) is 33.3 Å². The third kappa shape index (κ3) is 5.75. The highest BCUT2D eigenvalue weighted by Crippen LogP contribution is 2.32. The number of methoxy groups -OCH3 is 3. The first-order valence-electron chi connectivity index (χ1n) is 9.98. The zero-order chi connectivity index (χ0) is 23.8. The molecule has 0 unspecified atom stereocenters. The first-order valence-corrected chi connectivity index (χ1v) is 11.0. The zero-order valence-corrected chi connectivity index (χ0v) is 19.5. The molecule has 0 aliphatic carbocycles. The molecule has 174 valence electrons. The summed E-state index contributed by atoms with van der Waals surface area (Å²) < 4.78 is 17.6. The van der Waals surface area contributed by atoms with Crippen molar-refractivity contribution in [1.29, 1.82) is 0 Å². The highest BCUT2D eigenvalue weighted by molar-refractivity contribution is 7.99. The molecular formula is C22H25N5O5S. The molecule has 3 rings (SSSR count). The van der Waals surface area contributed by atoms with Crippen LogP contribution in [0.3, 0.4) is 0 Å². The molecule has 2 aromatic carbocycles.